The Bertz CT molecular complexity index is 859. The van der Waals surface area contributed by atoms with Crippen LogP contribution in [0.25, 0.3) is 10.9 Å². The maximum Gasteiger partial charge on any atom is 0.252 e. The molecule has 6 nitrogen and oxygen atoms in total. The van der Waals surface area contributed by atoms with Crippen molar-refractivity contribution in [1.29, 1.82) is 0 Å². The number of nitrogens with zero attached hydrogens (tertiary/aromatic N) is 3. The highest BCUT2D eigenvalue weighted by molar-refractivity contribution is 6.06. The molecule has 0 bridgehead atoms. The number of hydrogen-bond donors (Lipinski definition) is 2. The molecule has 3 aromatic rings. The fourth-order valence-electron chi connectivity index (χ4n) is 3.09. The molecule has 0 spiro atoms. The Morgan fingerprint density at radius 3 is 3.00 bits per heavy atom. The van der Waals surface area contributed by atoms with Crippen molar-refractivity contribution < 1.29 is 4.79 Å². The van der Waals surface area contributed by atoms with Crippen molar-refractivity contribution in [2.75, 3.05) is 0 Å². The average Bonchev–Trinajstić information content (AvgIpc) is 3.11. The van der Waals surface area contributed by atoms with E-state index in [0.717, 1.165) is 22.6 Å². The quantitative estimate of drug-likeness (QED) is 0.777. The van der Waals surface area contributed by atoms with Crippen molar-refractivity contribution in [3.8, 4) is 0 Å². The molecule has 1 aliphatic carbocycles. The number of H-pyrrole nitrogens is 1. The third-order valence-electron chi connectivity index (χ3n) is 4.72. The second-order valence-corrected chi connectivity index (χ2v) is 6.09. The van der Waals surface area contributed by atoms with Gasteiger partial charge in [-0.1, -0.05) is 12.5 Å². The first kappa shape index (κ1) is 14.0. The minimum Gasteiger partial charge on any atom is -0.361 e. The van der Waals surface area contributed by atoms with Crippen LogP contribution in [0.5, 0.6) is 0 Å². The van der Waals surface area contributed by atoms with Crippen LogP contribution in [0.15, 0.2) is 30.5 Å². The number of aromatic nitrogens is 4. The summed E-state index contributed by atoms with van der Waals surface area (Å²) < 4.78 is 2.01. The Morgan fingerprint density at radius 2 is 2.22 bits per heavy atom. The van der Waals surface area contributed by atoms with Gasteiger partial charge < -0.3 is 14.9 Å². The van der Waals surface area contributed by atoms with Crippen LogP contribution < -0.4 is 5.32 Å². The number of rotatable bonds is 4. The van der Waals surface area contributed by atoms with E-state index in [0.29, 0.717) is 18.0 Å². The molecule has 1 aliphatic rings. The van der Waals surface area contributed by atoms with Crippen molar-refractivity contribution in [2.24, 2.45) is 7.05 Å². The zero-order valence-corrected chi connectivity index (χ0v) is 13.0. The van der Waals surface area contributed by atoms with Gasteiger partial charge in [-0.3, -0.25) is 4.79 Å². The van der Waals surface area contributed by atoms with Crippen LogP contribution in [-0.2, 0) is 13.6 Å². The normalized spacial score (nSPS) is 14.8. The molecule has 23 heavy (non-hydrogen) atoms. The summed E-state index contributed by atoms with van der Waals surface area (Å²) in [5.74, 6) is 2.27. The lowest BCUT2D eigenvalue weighted by Gasteiger charge is -2.24. The van der Waals surface area contributed by atoms with Gasteiger partial charge in [-0.25, -0.2) is 0 Å². The second kappa shape index (κ2) is 5.53. The summed E-state index contributed by atoms with van der Waals surface area (Å²) in [7, 11) is 1.97. The third kappa shape index (κ3) is 2.40. The van der Waals surface area contributed by atoms with Gasteiger partial charge in [0.2, 0.25) is 0 Å². The average molecular weight is 309 g/mol. The monoisotopic (exact) mass is 309 g/mol. The van der Waals surface area contributed by atoms with Crippen LogP contribution in [0.1, 0.15) is 47.2 Å². The number of carbonyl (C=O) groups excluding carboxylic acids is 1. The maximum absolute atomic E-state index is 12.5. The number of benzene rings is 1. The van der Waals surface area contributed by atoms with Gasteiger partial charge in [0.25, 0.3) is 5.91 Å². The summed E-state index contributed by atoms with van der Waals surface area (Å²) >= 11 is 0. The molecular weight excluding hydrogens is 290 g/mol. The van der Waals surface area contributed by atoms with Crippen LogP contribution in [0.2, 0.25) is 0 Å². The van der Waals surface area contributed by atoms with Gasteiger partial charge in [-0.2, -0.15) is 0 Å². The van der Waals surface area contributed by atoms with Crippen LogP contribution in [0.4, 0.5) is 0 Å². The molecule has 1 amide bonds. The smallest absolute Gasteiger partial charge is 0.252 e. The minimum atomic E-state index is -0.0941. The van der Waals surface area contributed by atoms with Gasteiger partial charge in [0.05, 0.1) is 6.54 Å². The molecule has 1 saturated carbocycles. The first-order chi connectivity index (χ1) is 11.2. The van der Waals surface area contributed by atoms with E-state index in [-0.39, 0.29) is 5.91 Å². The van der Waals surface area contributed by atoms with Gasteiger partial charge in [0.1, 0.15) is 5.82 Å². The number of carbonyl (C=O) groups is 1. The Morgan fingerprint density at radius 1 is 1.35 bits per heavy atom. The van der Waals surface area contributed by atoms with Crippen molar-refractivity contribution in [3.05, 3.63) is 47.7 Å². The predicted molar refractivity (Wildman–Crippen MR) is 87.1 cm³/mol. The van der Waals surface area contributed by atoms with Gasteiger partial charge in [0, 0.05) is 35.6 Å². The lowest BCUT2D eigenvalue weighted by Crippen LogP contribution is -2.25. The topological polar surface area (TPSA) is 75.6 Å². The van der Waals surface area contributed by atoms with Gasteiger partial charge >= 0.3 is 0 Å². The first-order valence-corrected chi connectivity index (χ1v) is 7.96. The number of hydrogen-bond acceptors (Lipinski definition) is 3. The molecule has 1 fully saturated rings. The number of aromatic amines is 1. The Labute approximate surface area is 133 Å². The molecule has 2 heterocycles. The summed E-state index contributed by atoms with van der Waals surface area (Å²) in [4.78, 5) is 15.6. The van der Waals surface area contributed by atoms with Crippen LogP contribution >= 0.6 is 0 Å². The molecule has 1 aromatic carbocycles. The van der Waals surface area contributed by atoms with E-state index < -0.39 is 0 Å². The van der Waals surface area contributed by atoms with Crippen molar-refractivity contribution >= 4 is 16.8 Å². The Balaban J connectivity index is 1.49. The van der Waals surface area contributed by atoms with Crippen LogP contribution in [0.3, 0.4) is 0 Å². The summed E-state index contributed by atoms with van der Waals surface area (Å²) in [6, 6.07) is 7.59. The summed E-state index contributed by atoms with van der Waals surface area (Å²) in [6.45, 7) is 0.385. The van der Waals surface area contributed by atoms with Crippen molar-refractivity contribution in [3.63, 3.8) is 0 Å². The second-order valence-electron chi connectivity index (χ2n) is 6.09. The van der Waals surface area contributed by atoms with Crippen molar-refractivity contribution in [2.45, 2.75) is 31.7 Å². The highest BCUT2D eigenvalue weighted by Gasteiger charge is 2.25. The van der Waals surface area contributed by atoms with E-state index in [1.54, 1.807) is 0 Å². The lowest BCUT2D eigenvalue weighted by atomic mass is 9.85. The molecular formula is C17H19N5O. The molecule has 0 saturated heterocycles. The zero-order chi connectivity index (χ0) is 15.8. The minimum absolute atomic E-state index is 0.0941. The van der Waals surface area contributed by atoms with Gasteiger partial charge in [0.15, 0.2) is 5.82 Å². The molecule has 4 rings (SSSR count). The standard InChI is InChI=1S/C17H19N5O/c1-22-15(20-21-16(22)11-4-2-5-11)10-19-17(23)13-6-3-7-14-12(13)8-9-18-14/h3,6-9,11,18H,2,4-5,10H2,1H3,(H,19,23). The summed E-state index contributed by atoms with van der Waals surface area (Å²) in [5.41, 5.74) is 1.63. The Hall–Kier alpha value is -2.63. The molecule has 0 atom stereocenters. The third-order valence-corrected chi connectivity index (χ3v) is 4.72. The summed E-state index contributed by atoms with van der Waals surface area (Å²) in [6.07, 6.45) is 5.49. The molecule has 0 radical (unpaired) electrons. The molecule has 6 heteroatoms. The van der Waals surface area contributed by atoms with E-state index >= 15 is 0 Å². The molecule has 0 aliphatic heterocycles. The zero-order valence-electron chi connectivity index (χ0n) is 13.0. The number of nitrogens with one attached hydrogen (secondary N) is 2. The van der Waals surface area contributed by atoms with Gasteiger partial charge in [-0.15, -0.1) is 10.2 Å². The van der Waals surface area contributed by atoms with Crippen LogP contribution in [0, 0.1) is 0 Å². The highest BCUT2D eigenvalue weighted by Crippen LogP contribution is 2.35. The molecule has 2 aromatic heterocycles. The Kier molecular flexibility index (Phi) is 3.37. The van der Waals surface area contributed by atoms with E-state index in [9.17, 15) is 4.79 Å². The first-order valence-electron chi connectivity index (χ1n) is 7.96. The molecule has 0 unspecified atom stereocenters. The van der Waals surface area contributed by atoms with E-state index in [2.05, 4.69) is 20.5 Å². The predicted octanol–water partition coefficient (Wildman–Crippen LogP) is 2.49. The fraction of sp³-hybridized carbons (Fsp3) is 0.353. The maximum atomic E-state index is 12.5. The molecule has 2 N–H and O–H groups in total. The van der Waals surface area contributed by atoms with E-state index in [1.165, 1.54) is 19.3 Å². The van der Waals surface area contributed by atoms with E-state index in [4.69, 9.17) is 0 Å². The number of fused-ring (bicyclic) bond motifs is 1. The SMILES string of the molecule is Cn1c(CNC(=O)c2cccc3[nH]ccc23)nnc1C1CCC1. The highest BCUT2D eigenvalue weighted by atomic mass is 16.1. The van der Waals surface area contributed by atoms with E-state index in [1.807, 2.05) is 42.1 Å². The molecule has 118 valence electrons. The van der Waals surface area contributed by atoms with Gasteiger partial charge in [-0.05, 0) is 31.0 Å². The number of amides is 1. The summed E-state index contributed by atoms with van der Waals surface area (Å²) in [5, 5.41) is 12.4. The largest absolute Gasteiger partial charge is 0.361 e. The lowest BCUT2D eigenvalue weighted by molar-refractivity contribution is 0.0951. The fourth-order valence-corrected chi connectivity index (χ4v) is 3.09. The van der Waals surface area contributed by atoms with Crippen molar-refractivity contribution in [1.82, 2.24) is 25.1 Å². The van der Waals surface area contributed by atoms with Crippen LogP contribution in [-0.4, -0.2) is 25.7 Å².